The lowest BCUT2D eigenvalue weighted by molar-refractivity contribution is -0.150. The first kappa shape index (κ1) is 42.7. The van der Waals surface area contributed by atoms with Crippen molar-refractivity contribution < 1.29 is 43.8 Å². The highest BCUT2D eigenvalue weighted by atomic mass is 16.4. The van der Waals surface area contributed by atoms with Gasteiger partial charge in [-0.2, -0.15) is 0 Å². The van der Waals surface area contributed by atoms with Gasteiger partial charge in [0, 0.05) is 31.3 Å². The van der Waals surface area contributed by atoms with E-state index in [4.69, 9.17) is 6.42 Å². The number of Topliss-reactive ketones (excluding diaryl/α,β-unsaturated/α-hetero) is 1. The standard InChI is InChI=1S/C40H51N5O9/c1-6-12-28(36(50)44-40(38(52)53)19-10-7-11-20-40)23-33(46)31(24-35(48)49)42-37(51)32(21-25(2)3)45(5)34(47)22-27-15-17-29(18-16-27)41-39(54)43-30-14-9-8-13-26(30)4/h1,8-9,13-18,25,28,31-32H,7,10-12,19-24H2,2-5H3,(H,42,51)(H,44,50)(H,48,49)(H,52,53)(H2,41,43,54)/t28-,31-,32-/m0/s1. The number of rotatable bonds is 18. The van der Waals surface area contributed by atoms with Crippen molar-refractivity contribution in [2.75, 3.05) is 17.7 Å². The fourth-order valence-electron chi connectivity index (χ4n) is 6.42. The molecule has 1 fully saturated rings. The lowest BCUT2D eigenvalue weighted by Gasteiger charge is -2.35. The summed E-state index contributed by atoms with van der Waals surface area (Å²) >= 11 is 0. The predicted octanol–water partition coefficient (Wildman–Crippen LogP) is 4.52. The summed E-state index contributed by atoms with van der Waals surface area (Å²) in [4.78, 5) is 91.8. The average molecular weight is 746 g/mol. The molecule has 0 heterocycles. The van der Waals surface area contributed by atoms with Gasteiger partial charge in [0.15, 0.2) is 5.78 Å². The quantitative estimate of drug-likeness (QED) is 0.118. The zero-order chi connectivity index (χ0) is 40.0. The maximum absolute atomic E-state index is 13.7. The van der Waals surface area contributed by atoms with Crippen LogP contribution in [0.25, 0.3) is 0 Å². The van der Waals surface area contributed by atoms with Crippen molar-refractivity contribution in [2.24, 2.45) is 11.8 Å². The number of aryl methyl sites for hydroxylation is 1. The Bertz CT molecular complexity index is 1730. The van der Waals surface area contributed by atoms with Gasteiger partial charge in [0.25, 0.3) is 0 Å². The lowest BCUT2D eigenvalue weighted by atomic mass is 9.81. The number of terminal acetylenes is 1. The Hall–Kier alpha value is -5.71. The van der Waals surface area contributed by atoms with Crippen LogP contribution in [0.2, 0.25) is 0 Å². The van der Waals surface area contributed by atoms with Crippen LogP contribution >= 0.6 is 0 Å². The van der Waals surface area contributed by atoms with Crippen LogP contribution in [0.5, 0.6) is 0 Å². The van der Waals surface area contributed by atoms with E-state index in [-0.39, 0.29) is 38.0 Å². The van der Waals surface area contributed by atoms with Gasteiger partial charge in [-0.15, -0.1) is 12.3 Å². The van der Waals surface area contributed by atoms with Crippen molar-refractivity contribution in [2.45, 2.75) is 103 Å². The third-order valence-electron chi connectivity index (χ3n) is 9.56. The molecule has 2 aromatic carbocycles. The number of carboxylic acid groups (broad SMARTS) is 2. The number of carbonyl (C=O) groups is 7. The zero-order valence-electron chi connectivity index (χ0n) is 31.3. The molecule has 0 unspecified atom stereocenters. The Morgan fingerprint density at radius 3 is 2.11 bits per heavy atom. The highest BCUT2D eigenvalue weighted by Gasteiger charge is 2.42. The zero-order valence-corrected chi connectivity index (χ0v) is 31.3. The number of likely N-dealkylation sites (N-methyl/N-ethyl adjacent to an activating group) is 1. The molecule has 0 aliphatic heterocycles. The number of aliphatic carboxylic acids is 2. The van der Waals surface area contributed by atoms with Crippen LogP contribution in [0.15, 0.2) is 48.5 Å². The molecular formula is C40H51N5O9. The third-order valence-corrected chi connectivity index (χ3v) is 9.56. The van der Waals surface area contributed by atoms with Gasteiger partial charge in [0.05, 0.1) is 24.8 Å². The van der Waals surface area contributed by atoms with Gasteiger partial charge in [0.1, 0.15) is 11.6 Å². The second kappa shape index (κ2) is 19.9. The summed E-state index contributed by atoms with van der Waals surface area (Å²) in [6, 6.07) is 10.9. The number of anilines is 2. The predicted molar refractivity (Wildman–Crippen MR) is 202 cm³/mol. The van der Waals surface area contributed by atoms with E-state index >= 15 is 0 Å². The highest BCUT2D eigenvalue weighted by Crippen LogP contribution is 2.29. The molecule has 3 atom stereocenters. The van der Waals surface area contributed by atoms with Crippen LogP contribution < -0.4 is 21.3 Å². The largest absolute Gasteiger partial charge is 0.481 e. The Kier molecular flexibility index (Phi) is 15.8. The number of hydrogen-bond donors (Lipinski definition) is 6. The Morgan fingerprint density at radius 2 is 1.54 bits per heavy atom. The topological polar surface area (TPSA) is 211 Å². The molecule has 2 aromatic rings. The van der Waals surface area contributed by atoms with Crippen LogP contribution in [0.4, 0.5) is 16.2 Å². The van der Waals surface area contributed by atoms with Crippen molar-refractivity contribution in [1.29, 1.82) is 0 Å². The van der Waals surface area contributed by atoms with Crippen LogP contribution in [0.1, 0.15) is 82.8 Å². The van der Waals surface area contributed by atoms with E-state index in [1.54, 1.807) is 30.3 Å². The average Bonchev–Trinajstić information content (AvgIpc) is 3.11. The molecule has 54 heavy (non-hydrogen) atoms. The van der Waals surface area contributed by atoms with Gasteiger partial charge < -0.3 is 36.4 Å². The number of ketones is 1. The summed E-state index contributed by atoms with van der Waals surface area (Å²) in [5, 5.41) is 30.2. The maximum atomic E-state index is 13.7. The lowest BCUT2D eigenvalue weighted by Crippen LogP contribution is -2.57. The van der Waals surface area contributed by atoms with Crippen LogP contribution in [-0.4, -0.2) is 81.3 Å². The van der Waals surface area contributed by atoms with Crippen molar-refractivity contribution in [3.63, 3.8) is 0 Å². The van der Waals surface area contributed by atoms with Gasteiger partial charge in [0.2, 0.25) is 17.7 Å². The second-order valence-electron chi connectivity index (χ2n) is 14.3. The van der Waals surface area contributed by atoms with E-state index in [0.29, 0.717) is 29.8 Å². The fourth-order valence-corrected chi connectivity index (χ4v) is 6.42. The van der Waals surface area contributed by atoms with Crippen molar-refractivity contribution in [3.8, 4) is 12.3 Å². The minimum Gasteiger partial charge on any atom is -0.481 e. The number of urea groups is 1. The van der Waals surface area contributed by atoms with E-state index < -0.39 is 77.9 Å². The molecule has 1 aliphatic carbocycles. The van der Waals surface area contributed by atoms with Crippen molar-refractivity contribution >= 4 is 52.8 Å². The van der Waals surface area contributed by atoms with Gasteiger partial charge in [-0.3, -0.25) is 24.0 Å². The minimum atomic E-state index is -1.55. The fraction of sp³-hybridized carbons (Fsp3) is 0.475. The highest BCUT2D eigenvalue weighted by molar-refractivity contribution is 6.00. The van der Waals surface area contributed by atoms with Gasteiger partial charge >= 0.3 is 18.0 Å². The molecular weight excluding hydrogens is 694 g/mol. The maximum Gasteiger partial charge on any atom is 0.329 e. The number of benzene rings is 2. The summed E-state index contributed by atoms with van der Waals surface area (Å²) in [5.74, 6) is -4.14. The monoisotopic (exact) mass is 745 g/mol. The van der Waals surface area contributed by atoms with E-state index in [2.05, 4.69) is 27.2 Å². The first-order valence-electron chi connectivity index (χ1n) is 18.1. The minimum absolute atomic E-state index is 0.0779. The molecule has 3 rings (SSSR count). The Morgan fingerprint density at radius 1 is 0.889 bits per heavy atom. The van der Waals surface area contributed by atoms with E-state index in [9.17, 15) is 43.8 Å². The number of para-hydroxylation sites is 1. The van der Waals surface area contributed by atoms with Crippen molar-refractivity contribution in [3.05, 3.63) is 59.7 Å². The summed E-state index contributed by atoms with van der Waals surface area (Å²) in [7, 11) is 1.45. The Labute approximate surface area is 315 Å². The molecule has 1 saturated carbocycles. The van der Waals surface area contributed by atoms with Gasteiger partial charge in [-0.25, -0.2) is 9.59 Å². The summed E-state index contributed by atoms with van der Waals surface area (Å²) in [5.41, 5.74) is 1.18. The third kappa shape index (κ3) is 12.5. The summed E-state index contributed by atoms with van der Waals surface area (Å²) in [6.45, 7) is 5.57. The van der Waals surface area contributed by atoms with Crippen LogP contribution in [0.3, 0.4) is 0 Å². The number of hydrogen-bond acceptors (Lipinski definition) is 7. The molecule has 0 radical (unpaired) electrons. The van der Waals surface area contributed by atoms with Crippen molar-refractivity contribution in [1.82, 2.24) is 15.5 Å². The number of amides is 5. The first-order valence-corrected chi connectivity index (χ1v) is 18.1. The summed E-state index contributed by atoms with van der Waals surface area (Å²) < 4.78 is 0. The summed E-state index contributed by atoms with van der Waals surface area (Å²) in [6.07, 6.45) is 6.53. The number of nitrogens with zero attached hydrogens (tertiary/aromatic N) is 1. The molecule has 1 aliphatic rings. The molecule has 0 aromatic heterocycles. The second-order valence-corrected chi connectivity index (χ2v) is 14.3. The van der Waals surface area contributed by atoms with E-state index in [1.807, 2.05) is 39.0 Å². The van der Waals surface area contributed by atoms with Gasteiger partial charge in [-0.05, 0) is 61.4 Å². The molecule has 6 N–H and O–H groups in total. The number of carboxylic acids is 2. The number of nitrogens with one attached hydrogen (secondary N) is 4. The van der Waals surface area contributed by atoms with Crippen LogP contribution in [-0.2, 0) is 35.2 Å². The van der Waals surface area contributed by atoms with Crippen LogP contribution in [0, 0.1) is 31.1 Å². The van der Waals surface area contributed by atoms with E-state index in [1.165, 1.54) is 11.9 Å². The SMILES string of the molecule is C#CC[C@@H](CC(=O)[C@H](CC(=O)O)NC(=O)[C@H](CC(C)C)N(C)C(=O)Cc1ccc(NC(=O)Nc2ccccc2C)cc1)C(=O)NC1(C(=O)O)CCCCC1. The normalized spacial score (nSPS) is 15.0. The molecule has 0 spiro atoms. The first-order chi connectivity index (χ1) is 25.5. The molecule has 5 amide bonds. The molecule has 290 valence electrons. The smallest absolute Gasteiger partial charge is 0.329 e. The number of carbonyl (C=O) groups excluding carboxylic acids is 5. The molecule has 0 bridgehead atoms. The van der Waals surface area contributed by atoms with Gasteiger partial charge in [-0.1, -0.05) is 63.4 Å². The molecule has 0 saturated heterocycles. The molecule has 14 heteroatoms. The molecule has 14 nitrogen and oxygen atoms in total. The van der Waals surface area contributed by atoms with E-state index in [0.717, 1.165) is 12.0 Å². The Balaban J connectivity index is 1.69.